The summed E-state index contributed by atoms with van der Waals surface area (Å²) in [5.41, 5.74) is 0.993. The number of rotatable bonds is 4. The first-order valence-electron chi connectivity index (χ1n) is 7.78. The minimum absolute atomic E-state index is 0.0312. The van der Waals surface area contributed by atoms with Gasteiger partial charge in [-0.05, 0) is 36.4 Å². The molecule has 0 spiro atoms. The summed E-state index contributed by atoms with van der Waals surface area (Å²) in [6, 6.07) is 10.9. The van der Waals surface area contributed by atoms with Crippen molar-refractivity contribution in [1.82, 2.24) is 9.29 Å². The molecule has 0 fully saturated rings. The Kier molecular flexibility index (Phi) is 5.39. The van der Waals surface area contributed by atoms with E-state index in [1.807, 2.05) is 6.07 Å². The smallest absolute Gasteiger partial charge is 0.257 e. The van der Waals surface area contributed by atoms with Crippen LogP contribution in [0.25, 0.3) is 10.9 Å². The molecule has 0 atom stereocenters. The van der Waals surface area contributed by atoms with Gasteiger partial charge in [0, 0.05) is 30.7 Å². The molecule has 0 unspecified atom stereocenters. The molecular formula is C18H15Cl2N3O3S. The van der Waals surface area contributed by atoms with Crippen molar-refractivity contribution in [1.29, 1.82) is 0 Å². The van der Waals surface area contributed by atoms with E-state index in [4.69, 9.17) is 23.2 Å². The zero-order valence-corrected chi connectivity index (χ0v) is 16.7. The van der Waals surface area contributed by atoms with Gasteiger partial charge in [-0.25, -0.2) is 12.7 Å². The van der Waals surface area contributed by atoms with Crippen molar-refractivity contribution in [2.75, 3.05) is 19.4 Å². The number of nitrogens with one attached hydrogen (secondary N) is 1. The molecule has 1 heterocycles. The Bertz CT molecular complexity index is 1150. The summed E-state index contributed by atoms with van der Waals surface area (Å²) in [5.74, 6) is -0.565. The van der Waals surface area contributed by atoms with Crippen LogP contribution in [-0.2, 0) is 10.0 Å². The van der Waals surface area contributed by atoms with E-state index in [1.165, 1.54) is 32.3 Å². The molecule has 2 aromatic carbocycles. The first kappa shape index (κ1) is 19.6. The molecule has 0 aliphatic carbocycles. The van der Waals surface area contributed by atoms with Crippen molar-refractivity contribution in [2.24, 2.45) is 0 Å². The molecule has 0 saturated heterocycles. The van der Waals surface area contributed by atoms with Gasteiger partial charge in [-0.15, -0.1) is 0 Å². The maximum atomic E-state index is 12.8. The number of aromatic nitrogens is 1. The molecule has 1 aromatic heterocycles. The van der Waals surface area contributed by atoms with Gasteiger partial charge in [0.2, 0.25) is 10.0 Å². The van der Waals surface area contributed by atoms with Crippen LogP contribution in [-0.4, -0.2) is 37.7 Å². The second-order valence-electron chi connectivity index (χ2n) is 5.91. The molecule has 27 heavy (non-hydrogen) atoms. The number of nitrogens with zero attached hydrogens (tertiary/aromatic N) is 2. The molecule has 140 valence electrons. The standard InChI is InChI=1S/C18H15Cl2N3O3S/c1-23(2)27(25,26)13-5-6-15(20)14(10-13)18(24)22-16-9-12(19)8-11-4-3-7-21-17(11)16/h3-10H,1-2H3,(H,22,24). The molecule has 3 aromatic rings. The lowest BCUT2D eigenvalue weighted by molar-refractivity contribution is 0.102. The summed E-state index contributed by atoms with van der Waals surface area (Å²) >= 11 is 12.2. The number of fused-ring (bicyclic) bond motifs is 1. The van der Waals surface area contributed by atoms with Crippen molar-refractivity contribution in [3.8, 4) is 0 Å². The van der Waals surface area contributed by atoms with Gasteiger partial charge in [0.1, 0.15) is 0 Å². The lowest BCUT2D eigenvalue weighted by Gasteiger charge is -2.14. The van der Waals surface area contributed by atoms with Gasteiger partial charge in [0.25, 0.3) is 5.91 Å². The first-order chi connectivity index (χ1) is 12.7. The zero-order chi connectivity index (χ0) is 19.8. The van der Waals surface area contributed by atoms with Gasteiger partial charge in [-0.2, -0.15) is 0 Å². The van der Waals surface area contributed by atoms with Gasteiger partial charge >= 0.3 is 0 Å². The summed E-state index contributed by atoms with van der Waals surface area (Å²) in [6.45, 7) is 0. The van der Waals surface area contributed by atoms with E-state index in [2.05, 4.69) is 10.3 Å². The van der Waals surface area contributed by atoms with Crippen LogP contribution in [0.3, 0.4) is 0 Å². The SMILES string of the molecule is CN(C)S(=O)(=O)c1ccc(Cl)c(C(=O)Nc2cc(Cl)cc3cccnc23)c1. The van der Waals surface area contributed by atoms with E-state index in [9.17, 15) is 13.2 Å². The summed E-state index contributed by atoms with van der Waals surface area (Å²) < 4.78 is 25.7. The minimum Gasteiger partial charge on any atom is -0.320 e. The highest BCUT2D eigenvalue weighted by Crippen LogP contribution is 2.28. The number of sulfonamides is 1. The average Bonchev–Trinajstić information content (AvgIpc) is 2.61. The van der Waals surface area contributed by atoms with Crippen LogP contribution in [0.1, 0.15) is 10.4 Å². The molecule has 6 nitrogen and oxygen atoms in total. The second kappa shape index (κ2) is 7.44. The molecule has 0 radical (unpaired) electrons. The number of hydrogen-bond donors (Lipinski definition) is 1. The fraction of sp³-hybridized carbons (Fsp3) is 0.111. The molecule has 0 bridgehead atoms. The van der Waals surface area contributed by atoms with E-state index in [1.54, 1.807) is 24.4 Å². The van der Waals surface area contributed by atoms with Crippen molar-refractivity contribution < 1.29 is 13.2 Å². The summed E-state index contributed by atoms with van der Waals surface area (Å²) in [7, 11) is -0.882. The Morgan fingerprint density at radius 3 is 2.56 bits per heavy atom. The fourth-order valence-electron chi connectivity index (χ4n) is 2.49. The van der Waals surface area contributed by atoms with Crippen LogP contribution >= 0.6 is 23.2 Å². The highest BCUT2D eigenvalue weighted by molar-refractivity contribution is 7.89. The van der Waals surface area contributed by atoms with Gasteiger partial charge in [-0.1, -0.05) is 29.3 Å². The van der Waals surface area contributed by atoms with Crippen LogP contribution in [0.4, 0.5) is 5.69 Å². The predicted molar refractivity (Wildman–Crippen MR) is 107 cm³/mol. The number of carbonyl (C=O) groups is 1. The first-order valence-corrected chi connectivity index (χ1v) is 9.97. The Morgan fingerprint density at radius 1 is 1.11 bits per heavy atom. The second-order valence-corrected chi connectivity index (χ2v) is 8.91. The number of hydrogen-bond acceptors (Lipinski definition) is 4. The van der Waals surface area contributed by atoms with E-state index in [0.717, 1.165) is 9.69 Å². The highest BCUT2D eigenvalue weighted by Gasteiger charge is 2.21. The van der Waals surface area contributed by atoms with Gasteiger partial charge in [0.05, 0.1) is 26.7 Å². The predicted octanol–water partition coefficient (Wildman–Crippen LogP) is 4.04. The highest BCUT2D eigenvalue weighted by atomic mass is 35.5. The molecule has 0 saturated carbocycles. The van der Waals surface area contributed by atoms with Crippen molar-refractivity contribution in [2.45, 2.75) is 4.90 Å². The number of amides is 1. The average molecular weight is 424 g/mol. The summed E-state index contributed by atoms with van der Waals surface area (Å²) in [4.78, 5) is 17.0. The van der Waals surface area contributed by atoms with Crippen LogP contribution in [0, 0.1) is 0 Å². The number of halogens is 2. The van der Waals surface area contributed by atoms with E-state index in [-0.39, 0.29) is 15.5 Å². The normalized spacial score (nSPS) is 11.7. The van der Waals surface area contributed by atoms with Gasteiger partial charge < -0.3 is 5.32 Å². The maximum Gasteiger partial charge on any atom is 0.257 e. The van der Waals surface area contributed by atoms with Crippen molar-refractivity contribution in [3.05, 3.63) is 64.3 Å². The van der Waals surface area contributed by atoms with E-state index in [0.29, 0.717) is 16.2 Å². The molecule has 0 aliphatic heterocycles. The Balaban J connectivity index is 2.03. The lowest BCUT2D eigenvalue weighted by Crippen LogP contribution is -2.23. The topological polar surface area (TPSA) is 79.4 Å². The number of carbonyl (C=O) groups excluding carboxylic acids is 1. The Hall–Kier alpha value is -2.19. The molecule has 1 N–H and O–H groups in total. The molecule has 3 rings (SSSR count). The quantitative estimate of drug-likeness (QED) is 0.686. The van der Waals surface area contributed by atoms with Crippen LogP contribution in [0.2, 0.25) is 10.0 Å². The van der Waals surface area contributed by atoms with Crippen molar-refractivity contribution >= 4 is 55.7 Å². The third-order valence-electron chi connectivity index (χ3n) is 3.88. The third kappa shape index (κ3) is 3.91. The Morgan fingerprint density at radius 2 is 1.85 bits per heavy atom. The fourth-order valence-corrected chi connectivity index (χ4v) is 3.85. The third-order valence-corrected chi connectivity index (χ3v) is 6.24. The number of benzene rings is 2. The maximum absolute atomic E-state index is 12.8. The summed E-state index contributed by atoms with van der Waals surface area (Å²) in [6.07, 6.45) is 1.60. The van der Waals surface area contributed by atoms with Crippen LogP contribution < -0.4 is 5.32 Å². The number of pyridine rings is 1. The van der Waals surface area contributed by atoms with E-state index < -0.39 is 15.9 Å². The van der Waals surface area contributed by atoms with Crippen LogP contribution in [0.5, 0.6) is 0 Å². The van der Waals surface area contributed by atoms with Gasteiger partial charge in [-0.3, -0.25) is 9.78 Å². The lowest BCUT2D eigenvalue weighted by atomic mass is 10.1. The van der Waals surface area contributed by atoms with Crippen molar-refractivity contribution in [3.63, 3.8) is 0 Å². The molecule has 9 heteroatoms. The van der Waals surface area contributed by atoms with Gasteiger partial charge in [0.15, 0.2) is 0 Å². The number of anilines is 1. The minimum atomic E-state index is -3.70. The monoisotopic (exact) mass is 423 g/mol. The summed E-state index contributed by atoms with van der Waals surface area (Å²) in [5, 5.41) is 4.03. The Labute approximate surface area is 166 Å². The largest absolute Gasteiger partial charge is 0.320 e. The van der Waals surface area contributed by atoms with Crippen LogP contribution in [0.15, 0.2) is 53.6 Å². The molecule has 0 aliphatic rings. The molecular weight excluding hydrogens is 409 g/mol. The molecule has 1 amide bonds. The van der Waals surface area contributed by atoms with E-state index >= 15 is 0 Å². The zero-order valence-electron chi connectivity index (χ0n) is 14.4.